The lowest BCUT2D eigenvalue weighted by atomic mass is 9.66. The molecule has 5 heteroatoms. The first-order valence-electron chi connectivity index (χ1n) is 6.78. The van der Waals surface area contributed by atoms with Crippen molar-refractivity contribution in [3.8, 4) is 0 Å². The summed E-state index contributed by atoms with van der Waals surface area (Å²) < 4.78 is 0. The molecule has 0 amide bonds. The number of carboxylic acid groups (broad SMARTS) is 1. The minimum absolute atomic E-state index is 0.118. The van der Waals surface area contributed by atoms with Gasteiger partial charge >= 0.3 is 5.97 Å². The van der Waals surface area contributed by atoms with Crippen molar-refractivity contribution >= 4 is 18.5 Å². The molecule has 2 N–H and O–H groups in total. The fourth-order valence-corrected chi connectivity index (χ4v) is 4.80. The van der Waals surface area contributed by atoms with Crippen LogP contribution in [-0.4, -0.2) is 34.4 Å². The lowest BCUT2D eigenvalue weighted by Gasteiger charge is -2.38. The van der Waals surface area contributed by atoms with Crippen molar-refractivity contribution in [2.75, 3.05) is 0 Å². The number of aldehydes is 2. The van der Waals surface area contributed by atoms with Gasteiger partial charge in [-0.2, -0.15) is 0 Å². The second-order valence-corrected chi connectivity index (χ2v) is 7.35. The zero-order valence-electron chi connectivity index (χ0n) is 11.5. The SMILES string of the molecule is CC1(C)C[C@@H]2[C@@]3(C(=O)O)C[C@@]3(C=O)C(C=O)=C[C@]2(O)C1. The monoisotopic (exact) mass is 278 g/mol. The van der Waals surface area contributed by atoms with Gasteiger partial charge in [0.25, 0.3) is 0 Å². The largest absolute Gasteiger partial charge is 0.481 e. The number of allylic oxidation sites excluding steroid dienone is 1. The molecule has 3 aliphatic rings. The van der Waals surface area contributed by atoms with Crippen molar-refractivity contribution in [1.82, 2.24) is 0 Å². The van der Waals surface area contributed by atoms with Crippen LogP contribution >= 0.6 is 0 Å². The highest BCUT2D eigenvalue weighted by Crippen LogP contribution is 2.77. The molecule has 0 unspecified atom stereocenters. The van der Waals surface area contributed by atoms with E-state index in [-0.39, 0.29) is 17.4 Å². The normalized spacial score (nSPS) is 47.8. The van der Waals surface area contributed by atoms with Gasteiger partial charge in [-0.1, -0.05) is 13.8 Å². The van der Waals surface area contributed by atoms with Crippen LogP contribution in [0.25, 0.3) is 0 Å². The standard InChI is InChI=1S/C15H18O5/c1-12(2)4-10-14(20,6-12)3-9(5-16)13(8-17)7-15(10,13)11(18)19/h3,5,8,10,20H,4,6-7H2,1-2H3,(H,18,19)/t10-,13+,14-,15+/m0/s1. The molecule has 0 aromatic heterocycles. The van der Waals surface area contributed by atoms with Crippen molar-refractivity contribution < 1.29 is 24.6 Å². The first kappa shape index (κ1) is 13.5. The summed E-state index contributed by atoms with van der Waals surface area (Å²) in [5.41, 5.74) is -3.94. The second-order valence-electron chi connectivity index (χ2n) is 7.35. The third-order valence-electron chi connectivity index (χ3n) is 5.58. The molecule has 0 bridgehead atoms. The van der Waals surface area contributed by atoms with Gasteiger partial charge in [0.15, 0.2) is 0 Å². The van der Waals surface area contributed by atoms with E-state index in [4.69, 9.17) is 0 Å². The van der Waals surface area contributed by atoms with E-state index in [1.807, 2.05) is 13.8 Å². The maximum Gasteiger partial charge on any atom is 0.311 e. The highest BCUT2D eigenvalue weighted by Gasteiger charge is 2.83. The summed E-state index contributed by atoms with van der Waals surface area (Å²) in [6.07, 6.45) is 3.62. The minimum atomic E-state index is -1.32. The van der Waals surface area contributed by atoms with Gasteiger partial charge in [0.05, 0.1) is 16.4 Å². The molecule has 0 spiro atoms. The molecule has 0 aliphatic heterocycles. The quantitative estimate of drug-likeness (QED) is 0.750. The fourth-order valence-electron chi connectivity index (χ4n) is 4.80. The Labute approximate surface area is 116 Å². The van der Waals surface area contributed by atoms with Gasteiger partial charge in [0.1, 0.15) is 12.6 Å². The summed E-state index contributed by atoms with van der Waals surface area (Å²) in [7, 11) is 0. The predicted octanol–water partition coefficient (Wildman–Crippen LogP) is 0.953. The van der Waals surface area contributed by atoms with E-state index < -0.39 is 28.3 Å². The molecule has 20 heavy (non-hydrogen) atoms. The molecule has 0 saturated heterocycles. The highest BCUT2D eigenvalue weighted by atomic mass is 16.4. The van der Waals surface area contributed by atoms with Crippen molar-refractivity contribution in [3.63, 3.8) is 0 Å². The van der Waals surface area contributed by atoms with E-state index in [1.54, 1.807) is 0 Å². The molecular formula is C15H18O5. The predicted molar refractivity (Wildman–Crippen MR) is 68.8 cm³/mol. The summed E-state index contributed by atoms with van der Waals surface area (Å²) in [4.78, 5) is 34.6. The van der Waals surface area contributed by atoms with Crippen LogP contribution in [0.4, 0.5) is 0 Å². The number of hydrogen-bond donors (Lipinski definition) is 2. The lowest BCUT2D eigenvalue weighted by Crippen LogP contribution is -2.47. The molecule has 5 nitrogen and oxygen atoms in total. The van der Waals surface area contributed by atoms with Gasteiger partial charge in [-0.05, 0) is 30.8 Å². The van der Waals surface area contributed by atoms with E-state index >= 15 is 0 Å². The van der Waals surface area contributed by atoms with E-state index in [0.29, 0.717) is 25.4 Å². The Morgan fingerprint density at radius 1 is 1.35 bits per heavy atom. The fraction of sp³-hybridized carbons (Fsp3) is 0.667. The molecule has 3 aliphatic carbocycles. The molecule has 2 fully saturated rings. The van der Waals surface area contributed by atoms with Crippen LogP contribution in [0.15, 0.2) is 11.6 Å². The average Bonchev–Trinajstić information content (AvgIpc) is 2.97. The zero-order chi connectivity index (χ0) is 15.0. The van der Waals surface area contributed by atoms with Crippen molar-refractivity contribution in [2.45, 2.75) is 38.7 Å². The number of carbonyl (C=O) groups is 3. The number of aliphatic hydroxyl groups is 1. The van der Waals surface area contributed by atoms with Crippen molar-refractivity contribution in [1.29, 1.82) is 0 Å². The molecule has 0 radical (unpaired) electrons. The summed E-state index contributed by atoms with van der Waals surface area (Å²) in [5.74, 6) is -1.60. The molecule has 0 heterocycles. The third-order valence-corrected chi connectivity index (χ3v) is 5.58. The Bertz CT molecular complexity index is 563. The Hall–Kier alpha value is -1.49. The van der Waals surface area contributed by atoms with Crippen LogP contribution in [0, 0.1) is 22.2 Å². The first-order chi connectivity index (χ1) is 9.17. The smallest absolute Gasteiger partial charge is 0.311 e. The number of carboxylic acids is 1. The topological polar surface area (TPSA) is 91.7 Å². The van der Waals surface area contributed by atoms with Gasteiger partial charge in [-0.25, -0.2) is 0 Å². The molecule has 4 atom stereocenters. The molecule has 2 saturated carbocycles. The molecule has 0 aromatic carbocycles. The van der Waals surface area contributed by atoms with E-state index in [1.165, 1.54) is 6.08 Å². The number of carbonyl (C=O) groups excluding carboxylic acids is 2. The Morgan fingerprint density at radius 3 is 2.50 bits per heavy atom. The summed E-state index contributed by atoms with van der Waals surface area (Å²) in [5, 5.41) is 20.5. The summed E-state index contributed by atoms with van der Waals surface area (Å²) >= 11 is 0. The maximum absolute atomic E-state index is 11.8. The van der Waals surface area contributed by atoms with Gasteiger partial charge in [-0.15, -0.1) is 0 Å². The summed E-state index contributed by atoms with van der Waals surface area (Å²) in [6.45, 7) is 3.94. The average molecular weight is 278 g/mol. The minimum Gasteiger partial charge on any atom is -0.481 e. The summed E-state index contributed by atoms with van der Waals surface area (Å²) in [6, 6.07) is 0. The lowest BCUT2D eigenvalue weighted by molar-refractivity contribution is -0.153. The van der Waals surface area contributed by atoms with Crippen molar-refractivity contribution in [3.05, 3.63) is 11.6 Å². The van der Waals surface area contributed by atoms with Gasteiger partial charge in [-0.3, -0.25) is 9.59 Å². The number of aliphatic carboxylic acids is 1. The second kappa shape index (κ2) is 3.39. The van der Waals surface area contributed by atoms with Crippen molar-refractivity contribution in [2.24, 2.45) is 22.2 Å². The van der Waals surface area contributed by atoms with Crippen LogP contribution in [0.2, 0.25) is 0 Å². The number of hydrogen-bond acceptors (Lipinski definition) is 4. The van der Waals surface area contributed by atoms with Crippen LogP contribution in [0.1, 0.15) is 33.1 Å². The number of rotatable bonds is 3. The molecule has 0 aromatic rings. The van der Waals surface area contributed by atoms with Gasteiger partial charge < -0.3 is 15.0 Å². The van der Waals surface area contributed by atoms with E-state index in [9.17, 15) is 24.6 Å². The first-order valence-corrected chi connectivity index (χ1v) is 6.78. The third kappa shape index (κ3) is 1.24. The highest BCUT2D eigenvalue weighted by molar-refractivity contribution is 5.99. The Kier molecular flexibility index (Phi) is 2.29. The van der Waals surface area contributed by atoms with E-state index in [2.05, 4.69) is 0 Å². The Morgan fingerprint density at radius 2 is 2.00 bits per heavy atom. The van der Waals surface area contributed by atoms with Crippen LogP contribution < -0.4 is 0 Å². The number of fused-ring (bicyclic) bond motifs is 3. The molecule has 3 rings (SSSR count). The van der Waals surface area contributed by atoms with E-state index in [0.717, 1.165) is 0 Å². The maximum atomic E-state index is 11.8. The van der Waals surface area contributed by atoms with Gasteiger partial charge in [0, 0.05) is 11.5 Å². The van der Waals surface area contributed by atoms with Crippen LogP contribution in [0.5, 0.6) is 0 Å². The van der Waals surface area contributed by atoms with Crippen LogP contribution in [0.3, 0.4) is 0 Å². The molecular weight excluding hydrogens is 260 g/mol. The van der Waals surface area contributed by atoms with Gasteiger partial charge in [0.2, 0.25) is 0 Å². The Balaban J connectivity index is 2.23. The molecule has 108 valence electrons. The zero-order valence-corrected chi connectivity index (χ0v) is 11.5. The van der Waals surface area contributed by atoms with Crippen LogP contribution in [-0.2, 0) is 14.4 Å².